The molecule has 3 aromatic carbocycles. The van der Waals surface area contributed by atoms with Gasteiger partial charge in [0.15, 0.2) is 0 Å². The molecule has 8 nitrogen and oxygen atoms in total. The normalized spacial score (nSPS) is 11.0. The Labute approximate surface area is 199 Å². The van der Waals surface area contributed by atoms with Crippen molar-refractivity contribution in [3.63, 3.8) is 0 Å². The molecule has 0 bridgehead atoms. The van der Waals surface area contributed by atoms with Crippen molar-refractivity contribution in [1.29, 1.82) is 5.26 Å². The minimum absolute atomic E-state index is 0.0158. The third kappa shape index (κ3) is 6.13. The van der Waals surface area contributed by atoms with Gasteiger partial charge in [0.05, 0.1) is 33.3 Å². The van der Waals surface area contributed by atoms with Crippen LogP contribution in [-0.2, 0) is 27.8 Å². The molecule has 1 N–H and O–H groups in total. The highest BCUT2D eigenvalue weighted by Crippen LogP contribution is 2.31. The summed E-state index contributed by atoms with van der Waals surface area (Å²) in [4.78, 5) is 12.8. The lowest BCUT2D eigenvalue weighted by Gasteiger charge is -2.23. The summed E-state index contributed by atoms with van der Waals surface area (Å²) < 4.78 is 38.9. The lowest BCUT2D eigenvalue weighted by Crippen LogP contribution is -2.37. The summed E-state index contributed by atoms with van der Waals surface area (Å²) in [6, 6.07) is 22.4. The monoisotopic (exact) mass is 479 g/mol. The Kier molecular flexibility index (Phi) is 8.24. The Hall–Kier alpha value is -3.87. The number of nitriles is 1. The Balaban J connectivity index is 1.90. The molecule has 176 valence electrons. The third-order valence-corrected chi connectivity index (χ3v) is 6.84. The van der Waals surface area contributed by atoms with Gasteiger partial charge in [0.1, 0.15) is 16.4 Å². The summed E-state index contributed by atoms with van der Waals surface area (Å²) in [6.07, 6.45) is 0.264. The smallest absolute Gasteiger partial charge is 0.247 e. The first-order chi connectivity index (χ1) is 16.4. The highest BCUT2D eigenvalue weighted by Gasteiger charge is 2.30. The molecule has 0 radical (unpaired) electrons. The van der Waals surface area contributed by atoms with Gasteiger partial charge in [-0.25, -0.2) is 8.42 Å². The van der Waals surface area contributed by atoms with Crippen molar-refractivity contribution in [3.05, 3.63) is 83.9 Å². The van der Waals surface area contributed by atoms with E-state index in [1.807, 2.05) is 6.07 Å². The van der Waals surface area contributed by atoms with Gasteiger partial charge >= 0.3 is 0 Å². The average Bonchev–Trinajstić information content (AvgIpc) is 2.85. The molecular weight excluding hydrogens is 454 g/mol. The fourth-order valence-electron chi connectivity index (χ4n) is 3.30. The second kappa shape index (κ2) is 11.3. The maximum atomic E-state index is 13.7. The van der Waals surface area contributed by atoms with E-state index in [1.165, 1.54) is 26.4 Å². The Bertz CT molecular complexity index is 1270. The molecule has 0 saturated heterocycles. The van der Waals surface area contributed by atoms with Crippen LogP contribution in [0.1, 0.15) is 11.1 Å². The van der Waals surface area contributed by atoms with Crippen molar-refractivity contribution >= 4 is 21.6 Å². The maximum Gasteiger partial charge on any atom is 0.247 e. The van der Waals surface area contributed by atoms with Crippen LogP contribution in [-0.4, -0.2) is 39.4 Å². The van der Waals surface area contributed by atoms with Crippen molar-refractivity contribution in [2.45, 2.75) is 17.9 Å². The van der Waals surface area contributed by atoms with Gasteiger partial charge in [-0.1, -0.05) is 42.5 Å². The molecule has 0 fully saturated rings. The van der Waals surface area contributed by atoms with Crippen LogP contribution in [0.3, 0.4) is 0 Å². The maximum absolute atomic E-state index is 13.7. The van der Waals surface area contributed by atoms with Gasteiger partial charge in [0.2, 0.25) is 15.9 Å². The van der Waals surface area contributed by atoms with Crippen LogP contribution in [0, 0.1) is 11.3 Å². The highest BCUT2D eigenvalue weighted by molar-refractivity contribution is 7.89. The topological polar surface area (TPSA) is 109 Å². The van der Waals surface area contributed by atoms with E-state index < -0.39 is 22.5 Å². The fraction of sp³-hybridized carbons (Fsp3) is 0.200. The Morgan fingerprint density at radius 2 is 1.68 bits per heavy atom. The summed E-state index contributed by atoms with van der Waals surface area (Å²) in [7, 11) is -1.32. The number of carbonyl (C=O) groups excluding carboxylic acids is 1. The van der Waals surface area contributed by atoms with Gasteiger partial charge in [0.25, 0.3) is 0 Å². The zero-order valence-electron chi connectivity index (χ0n) is 18.9. The molecule has 0 aliphatic heterocycles. The number of ether oxygens (including phenoxy) is 2. The van der Waals surface area contributed by atoms with Crippen LogP contribution in [0.4, 0.5) is 5.69 Å². The van der Waals surface area contributed by atoms with Crippen LogP contribution >= 0.6 is 0 Å². The fourth-order valence-corrected chi connectivity index (χ4v) is 4.85. The molecule has 0 aliphatic rings. The zero-order chi connectivity index (χ0) is 24.6. The number of hydrogen-bond acceptors (Lipinski definition) is 6. The minimum Gasteiger partial charge on any atom is -0.497 e. The van der Waals surface area contributed by atoms with Gasteiger partial charge in [-0.05, 0) is 35.4 Å². The quantitative estimate of drug-likeness (QED) is 0.476. The first-order valence-corrected chi connectivity index (χ1v) is 11.8. The molecule has 0 aromatic heterocycles. The molecule has 0 aliphatic carbocycles. The number of methoxy groups -OCH3 is 2. The van der Waals surface area contributed by atoms with Crippen molar-refractivity contribution in [3.8, 4) is 17.6 Å². The van der Waals surface area contributed by atoms with Crippen LogP contribution in [0.2, 0.25) is 0 Å². The number of rotatable bonds is 10. The van der Waals surface area contributed by atoms with Crippen LogP contribution in [0.25, 0.3) is 0 Å². The molecule has 3 rings (SSSR count). The highest BCUT2D eigenvalue weighted by atomic mass is 32.2. The van der Waals surface area contributed by atoms with Gasteiger partial charge in [-0.3, -0.25) is 4.79 Å². The van der Waals surface area contributed by atoms with Crippen LogP contribution < -0.4 is 14.8 Å². The predicted octanol–water partition coefficient (Wildman–Crippen LogP) is 3.60. The largest absolute Gasteiger partial charge is 0.497 e. The van der Waals surface area contributed by atoms with E-state index in [4.69, 9.17) is 14.7 Å². The van der Waals surface area contributed by atoms with E-state index in [1.54, 1.807) is 54.6 Å². The number of hydrogen-bond donors (Lipinski definition) is 1. The van der Waals surface area contributed by atoms with Crippen LogP contribution in [0.15, 0.2) is 77.7 Å². The summed E-state index contributed by atoms with van der Waals surface area (Å²) in [6.45, 7) is -0.435. The second-order valence-electron chi connectivity index (χ2n) is 7.36. The number of nitrogens with zero attached hydrogens (tertiary/aromatic N) is 2. The van der Waals surface area contributed by atoms with E-state index in [0.29, 0.717) is 11.4 Å². The third-order valence-electron chi connectivity index (χ3n) is 5.03. The molecule has 0 atom stereocenters. The number of carbonyl (C=O) groups is 1. The van der Waals surface area contributed by atoms with E-state index >= 15 is 0 Å². The number of sulfonamides is 1. The lowest BCUT2D eigenvalue weighted by atomic mass is 10.1. The first-order valence-electron chi connectivity index (χ1n) is 10.4. The predicted molar refractivity (Wildman–Crippen MR) is 128 cm³/mol. The summed E-state index contributed by atoms with van der Waals surface area (Å²) in [5.74, 6) is -0.0114. The molecule has 9 heteroatoms. The first kappa shape index (κ1) is 24.8. The van der Waals surface area contributed by atoms with Gasteiger partial charge in [0, 0.05) is 18.3 Å². The van der Waals surface area contributed by atoms with Gasteiger partial charge in [-0.15, -0.1) is 0 Å². The molecule has 0 saturated carbocycles. The lowest BCUT2D eigenvalue weighted by molar-refractivity contribution is -0.116. The summed E-state index contributed by atoms with van der Waals surface area (Å²) in [5.41, 5.74) is 2.04. The second-order valence-corrected chi connectivity index (χ2v) is 9.26. The molecule has 0 spiro atoms. The summed E-state index contributed by atoms with van der Waals surface area (Å²) >= 11 is 0. The van der Waals surface area contributed by atoms with Gasteiger partial charge < -0.3 is 14.8 Å². The zero-order valence-corrected chi connectivity index (χ0v) is 19.7. The number of amides is 1. The standard InChI is InChI=1S/C25H25N3O5S/c1-32-22-12-13-23(33-2)24(16-22)34(30,31)28(17-20-6-4-3-5-7-20)18-25(29)27-21-10-8-19(9-11-21)14-15-26/h3-13,16H,14,17-18H2,1-2H3,(H,27,29). The number of benzene rings is 3. The molecule has 0 heterocycles. The van der Waals surface area contributed by atoms with E-state index in [-0.39, 0.29) is 23.6 Å². The molecule has 3 aromatic rings. The van der Waals surface area contributed by atoms with Crippen molar-refractivity contribution < 1.29 is 22.7 Å². The van der Waals surface area contributed by atoms with Crippen molar-refractivity contribution in [1.82, 2.24) is 4.31 Å². The average molecular weight is 480 g/mol. The Morgan fingerprint density at radius 1 is 0.971 bits per heavy atom. The van der Waals surface area contributed by atoms with Gasteiger partial charge in [-0.2, -0.15) is 9.57 Å². The van der Waals surface area contributed by atoms with E-state index in [2.05, 4.69) is 11.4 Å². The molecular formula is C25H25N3O5S. The molecule has 0 unspecified atom stereocenters. The SMILES string of the molecule is COc1ccc(OC)c(S(=O)(=O)N(CC(=O)Nc2ccc(CC#N)cc2)Cc2ccccc2)c1. The summed E-state index contributed by atoms with van der Waals surface area (Å²) in [5, 5.41) is 11.5. The molecule has 34 heavy (non-hydrogen) atoms. The van der Waals surface area contributed by atoms with Crippen molar-refractivity contribution in [2.24, 2.45) is 0 Å². The van der Waals surface area contributed by atoms with Crippen molar-refractivity contribution in [2.75, 3.05) is 26.1 Å². The minimum atomic E-state index is -4.14. The number of nitrogens with one attached hydrogen (secondary N) is 1. The Morgan fingerprint density at radius 3 is 2.29 bits per heavy atom. The van der Waals surface area contributed by atoms with E-state index in [9.17, 15) is 13.2 Å². The molecule has 1 amide bonds. The van der Waals surface area contributed by atoms with E-state index in [0.717, 1.165) is 15.4 Å². The number of anilines is 1. The van der Waals surface area contributed by atoms with Crippen LogP contribution in [0.5, 0.6) is 11.5 Å².